The van der Waals surface area contributed by atoms with E-state index in [0.29, 0.717) is 30.2 Å². The van der Waals surface area contributed by atoms with Crippen LogP contribution < -0.4 is 20.7 Å². The zero-order valence-corrected chi connectivity index (χ0v) is 19.6. The quantitative estimate of drug-likeness (QED) is 0.423. The first-order valence-corrected chi connectivity index (χ1v) is 10.6. The largest absolute Gasteiger partial charge is 0.493 e. The molecule has 0 aliphatic carbocycles. The van der Waals surface area contributed by atoms with E-state index in [2.05, 4.69) is 4.98 Å². The van der Waals surface area contributed by atoms with E-state index in [1.165, 1.54) is 11.5 Å². The van der Waals surface area contributed by atoms with E-state index in [4.69, 9.17) is 9.47 Å². The summed E-state index contributed by atoms with van der Waals surface area (Å²) >= 11 is 0. The third kappa shape index (κ3) is 3.51. The van der Waals surface area contributed by atoms with Crippen LogP contribution in [-0.2, 0) is 24.8 Å². The highest BCUT2D eigenvalue weighted by Gasteiger charge is 2.23. The molecule has 33 heavy (non-hydrogen) atoms. The van der Waals surface area contributed by atoms with Gasteiger partial charge in [-0.05, 0) is 44.9 Å². The van der Waals surface area contributed by atoms with Crippen LogP contribution in [0.15, 0.2) is 34.0 Å². The lowest BCUT2D eigenvalue weighted by molar-refractivity contribution is -0.119. The van der Waals surface area contributed by atoms with Crippen molar-refractivity contribution in [2.75, 3.05) is 14.2 Å². The van der Waals surface area contributed by atoms with Crippen LogP contribution in [-0.4, -0.2) is 43.1 Å². The number of fused-ring (bicyclic) bond motifs is 3. The molecule has 0 unspecified atom stereocenters. The first-order valence-electron chi connectivity index (χ1n) is 10.6. The summed E-state index contributed by atoms with van der Waals surface area (Å²) in [6, 6.07) is 4.91. The Labute approximate surface area is 189 Å². The van der Waals surface area contributed by atoms with Gasteiger partial charge in [-0.1, -0.05) is 6.07 Å². The molecular weight excluding hydrogens is 426 g/mol. The van der Waals surface area contributed by atoms with Crippen LogP contribution in [0.25, 0.3) is 16.9 Å². The molecule has 0 radical (unpaired) electrons. The van der Waals surface area contributed by atoms with Crippen LogP contribution in [0.3, 0.4) is 0 Å². The lowest BCUT2D eigenvalue weighted by atomic mass is 10.1. The highest BCUT2D eigenvalue weighted by atomic mass is 16.5. The molecule has 0 fully saturated rings. The fraction of sp³-hybridized carbons (Fsp3) is 0.391. The van der Waals surface area contributed by atoms with Crippen LogP contribution in [0.4, 0.5) is 0 Å². The standard InChI is InChI=1S/C23H27N5O5/c1-13-12-27-19-20(25(4)23(31)28(21(19)30)14(2)15(3)29)24-22(27)26(13)10-9-16-7-8-17(32-5)18(11-16)33-6/h7-8,11-12,14H,9-10H2,1-6H3/t14-/m1/s1. The number of benzene rings is 1. The third-order valence-electron chi connectivity index (χ3n) is 6.14. The van der Waals surface area contributed by atoms with Crippen molar-refractivity contribution in [3.8, 4) is 11.5 Å². The summed E-state index contributed by atoms with van der Waals surface area (Å²) in [6.45, 7) is 5.46. The number of ether oxygens (including phenoxy) is 2. The molecule has 0 aliphatic heterocycles. The molecular formula is C23H27N5O5. The molecule has 10 nitrogen and oxygen atoms in total. The molecule has 0 saturated carbocycles. The van der Waals surface area contributed by atoms with Gasteiger partial charge in [0, 0.05) is 25.5 Å². The minimum Gasteiger partial charge on any atom is -0.493 e. The number of ketones is 1. The second kappa shape index (κ2) is 8.27. The van der Waals surface area contributed by atoms with Crippen LogP contribution in [0.5, 0.6) is 11.5 Å². The Hall–Kier alpha value is -3.82. The van der Waals surface area contributed by atoms with Gasteiger partial charge in [-0.3, -0.25) is 18.6 Å². The number of carbonyl (C=O) groups excluding carboxylic acids is 1. The van der Waals surface area contributed by atoms with Gasteiger partial charge in [-0.15, -0.1) is 0 Å². The molecule has 1 aromatic carbocycles. The van der Waals surface area contributed by atoms with Crippen LogP contribution in [0.2, 0.25) is 0 Å². The summed E-state index contributed by atoms with van der Waals surface area (Å²) in [5.41, 5.74) is 1.43. The van der Waals surface area contributed by atoms with Gasteiger partial charge in [-0.25, -0.2) is 9.36 Å². The number of methoxy groups -OCH3 is 2. The molecule has 10 heteroatoms. The smallest absolute Gasteiger partial charge is 0.333 e. The van der Waals surface area contributed by atoms with Crippen molar-refractivity contribution in [3.05, 3.63) is 56.5 Å². The van der Waals surface area contributed by atoms with Crippen molar-refractivity contribution < 1.29 is 14.3 Å². The first kappa shape index (κ1) is 22.4. The van der Waals surface area contributed by atoms with E-state index in [1.54, 1.807) is 32.6 Å². The van der Waals surface area contributed by atoms with E-state index in [9.17, 15) is 14.4 Å². The SMILES string of the molecule is COc1ccc(CCn2c(C)cn3c4c(=O)n([C@H](C)C(C)=O)c(=O)n(C)c4nc23)cc1OC. The van der Waals surface area contributed by atoms with Gasteiger partial charge in [0.1, 0.15) is 0 Å². The molecule has 3 aromatic heterocycles. The number of Topliss-reactive ketones (excluding diaryl/α,β-unsaturated/α-hetero) is 1. The predicted molar refractivity (Wildman–Crippen MR) is 124 cm³/mol. The van der Waals surface area contributed by atoms with Crippen LogP contribution in [0.1, 0.15) is 31.1 Å². The maximum Gasteiger partial charge on any atom is 0.333 e. The van der Waals surface area contributed by atoms with Gasteiger partial charge in [0.2, 0.25) is 5.78 Å². The summed E-state index contributed by atoms with van der Waals surface area (Å²) in [6.07, 6.45) is 2.52. The highest BCUT2D eigenvalue weighted by Crippen LogP contribution is 2.28. The van der Waals surface area contributed by atoms with Crippen molar-refractivity contribution in [2.24, 2.45) is 7.05 Å². The molecule has 0 bridgehead atoms. The molecule has 0 N–H and O–H groups in total. The van der Waals surface area contributed by atoms with E-state index in [0.717, 1.165) is 15.8 Å². The monoisotopic (exact) mass is 453 g/mol. The number of aryl methyl sites for hydroxylation is 4. The van der Waals surface area contributed by atoms with Gasteiger partial charge < -0.3 is 14.0 Å². The van der Waals surface area contributed by atoms with E-state index in [-0.39, 0.29) is 16.9 Å². The molecule has 174 valence electrons. The van der Waals surface area contributed by atoms with E-state index in [1.807, 2.05) is 35.9 Å². The third-order valence-corrected chi connectivity index (χ3v) is 6.14. The number of aromatic nitrogens is 5. The average molecular weight is 453 g/mol. The molecule has 4 rings (SSSR count). The van der Waals surface area contributed by atoms with Gasteiger partial charge in [0.05, 0.1) is 20.3 Å². The summed E-state index contributed by atoms with van der Waals surface area (Å²) in [5, 5.41) is 0. The Kier molecular flexibility index (Phi) is 5.61. The highest BCUT2D eigenvalue weighted by molar-refractivity contribution is 5.80. The van der Waals surface area contributed by atoms with Gasteiger partial charge in [0.25, 0.3) is 5.56 Å². The lowest BCUT2D eigenvalue weighted by Gasteiger charge is -2.12. The zero-order chi connectivity index (χ0) is 24.0. The minimum absolute atomic E-state index is 0.266. The van der Waals surface area contributed by atoms with Crippen LogP contribution >= 0.6 is 0 Å². The predicted octanol–water partition coefficient (Wildman–Crippen LogP) is 1.87. The molecule has 1 atom stereocenters. The molecule has 0 spiro atoms. The van der Waals surface area contributed by atoms with Crippen LogP contribution in [0, 0.1) is 6.92 Å². The van der Waals surface area contributed by atoms with Crippen molar-refractivity contribution in [2.45, 2.75) is 39.8 Å². The summed E-state index contributed by atoms with van der Waals surface area (Å²) in [7, 11) is 4.75. The molecule has 0 amide bonds. The van der Waals surface area contributed by atoms with Crippen molar-refractivity contribution >= 4 is 22.7 Å². The van der Waals surface area contributed by atoms with E-state index >= 15 is 0 Å². The first-order chi connectivity index (χ1) is 15.7. The summed E-state index contributed by atoms with van der Waals surface area (Å²) in [4.78, 5) is 42.6. The lowest BCUT2D eigenvalue weighted by Crippen LogP contribution is -2.42. The Morgan fingerprint density at radius 2 is 1.85 bits per heavy atom. The maximum absolute atomic E-state index is 13.3. The average Bonchev–Trinajstić information content (AvgIpc) is 3.30. The molecule has 3 heterocycles. The van der Waals surface area contributed by atoms with Crippen molar-refractivity contribution in [1.82, 2.24) is 23.1 Å². The molecule has 0 aliphatic rings. The Bertz CT molecular complexity index is 1500. The summed E-state index contributed by atoms with van der Waals surface area (Å²) < 4.78 is 16.7. The fourth-order valence-corrected chi connectivity index (χ4v) is 4.10. The van der Waals surface area contributed by atoms with Gasteiger partial charge in [-0.2, -0.15) is 4.98 Å². The number of hydrogen-bond acceptors (Lipinski definition) is 6. The Morgan fingerprint density at radius 3 is 2.48 bits per heavy atom. The maximum atomic E-state index is 13.3. The normalized spacial score (nSPS) is 12.4. The number of rotatable bonds is 7. The number of imidazole rings is 2. The van der Waals surface area contributed by atoms with Crippen molar-refractivity contribution in [3.63, 3.8) is 0 Å². The number of carbonyl (C=O) groups is 1. The molecule has 4 aromatic rings. The Morgan fingerprint density at radius 1 is 1.15 bits per heavy atom. The van der Waals surface area contributed by atoms with E-state index < -0.39 is 17.3 Å². The second-order valence-corrected chi connectivity index (χ2v) is 8.12. The number of hydrogen-bond donors (Lipinski definition) is 0. The fourth-order valence-electron chi connectivity index (χ4n) is 4.10. The zero-order valence-electron chi connectivity index (χ0n) is 19.6. The summed E-state index contributed by atoms with van der Waals surface area (Å²) in [5.74, 6) is 1.62. The van der Waals surface area contributed by atoms with Gasteiger partial charge >= 0.3 is 5.69 Å². The number of nitrogens with zero attached hydrogens (tertiary/aromatic N) is 5. The van der Waals surface area contributed by atoms with Crippen molar-refractivity contribution in [1.29, 1.82) is 0 Å². The topological polar surface area (TPSA) is 102 Å². The van der Waals surface area contributed by atoms with Gasteiger partial charge in [0.15, 0.2) is 28.4 Å². The molecule has 0 saturated heterocycles. The second-order valence-electron chi connectivity index (χ2n) is 8.12. The minimum atomic E-state index is -0.862. The Balaban J connectivity index is 1.82.